The number of benzene rings is 1. The summed E-state index contributed by atoms with van der Waals surface area (Å²) in [6.07, 6.45) is 0. The molecule has 0 atom stereocenters. The lowest BCUT2D eigenvalue weighted by atomic mass is 10.2. The second-order valence-corrected chi connectivity index (χ2v) is 3.72. The van der Waals surface area contributed by atoms with Crippen molar-refractivity contribution in [3.63, 3.8) is 0 Å². The Kier molecular flexibility index (Phi) is 2.40. The van der Waals surface area contributed by atoms with E-state index in [0.717, 1.165) is 10.9 Å². The van der Waals surface area contributed by atoms with E-state index in [0.29, 0.717) is 10.7 Å². The monoisotopic (exact) mass is 223 g/mol. The first kappa shape index (κ1) is 10.1. The van der Waals surface area contributed by atoms with E-state index in [1.807, 2.05) is 19.2 Å². The van der Waals surface area contributed by atoms with Gasteiger partial charge in [-0.3, -0.25) is 0 Å². The predicted molar refractivity (Wildman–Crippen MR) is 59.3 cm³/mol. The molecule has 0 unspecified atom stereocenters. The molecule has 0 amide bonds. The number of rotatable bonds is 1. The summed E-state index contributed by atoms with van der Waals surface area (Å²) in [5, 5.41) is 1.63. The topological polar surface area (TPSA) is 31.2 Å². The smallest absolute Gasteiger partial charge is 0.354 e. The minimum atomic E-state index is -0.343. The van der Waals surface area contributed by atoms with Gasteiger partial charge < -0.3 is 9.30 Å². The summed E-state index contributed by atoms with van der Waals surface area (Å²) < 4.78 is 6.46. The fourth-order valence-corrected chi connectivity index (χ4v) is 1.77. The van der Waals surface area contributed by atoms with Gasteiger partial charge in [0.25, 0.3) is 0 Å². The average molecular weight is 224 g/mol. The van der Waals surface area contributed by atoms with Gasteiger partial charge in [0.1, 0.15) is 5.69 Å². The molecule has 0 saturated carbocycles. The molecular weight excluding hydrogens is 214 g/mol. The second-order valence-electron chi connectivity index (χ2n) is 3.28. The number of nitrogens with zero attached hydrogens (tertiary/aromatic N) is 1. The number of hydrogen-bond donors (Lipinski definition) is 0. The van der Waals surface area contributed by atoms with Crippen molar-refractivity contribution in [1.82, 2.24) is 4.57 Å². The van der Waals surface area contributed by atoms with E-state index in [1.54, 1.807) is 16.7 Å². The maximum absolute atomic E-state index is 11.4. The van der Waals surface area contributed by atoms with Gasteiger partial charge in [-0.1, -0.05) is 17.7 Å². The fraction of sp³-hybridized carbons (Fsp3) is 0.182. The highest BCUT2D eigenvalue weighted by molar-refractivity contribution is 6.31. The summed E-state index contributed by atoms with van der Waals surface area (Å²) in [6.45, 7) is 0. The van der Waals surface area contributed by atoms with E-state index in [4.69, 9.17) is 11.6 Å². The molecule has 4 heteroatoms. The summed E-state index contributed by atoms with van der Waals surface area (Å²) in [6, 6.07) is 7.29. The molecule has 3 nitrogen and oxygen atoms in total. The van der Waals surface area contributed by atoms with Gasteiger partial charge in [0.05, 0.1) is 7.11 Å². The fourth-order valence-electron chi connectivity index (χ4n) is 1.60. The highest BCUT2D eigenvalue weighted by Gasteiger charge is 2.13. The van der Waals surface area contributed by atoms with E-state index in [1.165, 1.54) is 7.11 Å². The summed E-state index contributed by atoms with van der Waals surface area (Å²) in [7, 11) is 3.18. The van der Waals surface area contributed by atoms with Gasteiger partial charge in [-0.05, 0) is 18.2 Å². The maximum atomic E-state index is 11.4. The number of hydrogen-bond acceptors (Lipinski definition) is 2. The van der Waals surface area contributed by atoms with Crippen molar-refractivity contribution >= 4 is 28.5 Å². The number of fused-ring (bicyclic) bond motifs is 1. The Hall–Kier alpha value is -1.48. The third-order valence-corrected chi connectivity index (χ3v) is 2.64. The zero-order valence-corrected chi connectivity index (χ0v) is 9.21. The minimum Gasteiger partial charge on any atom is -0.464 e. The van der Waals surface area contributed by atoms with Crippen LogP contribution >= 0.6 is 11.6 Å². The van der Waals surface area contributed by atoms with Crippen LogP contribution in [-0.4, -0.2) is 17.6 Å². The number of carbonyl (C=O) groups excluding carboxylic acids is 1. The van der Waals surface area contributed by atoms with Crippen LogP contribution in [0, 0.1) is 0 Å². The van der Waals surface area contributed by atoms with Crippen molar-refractivity contribution in [2.45, 2.75) is 0 Å². The largest absolute Gasteiger partial charge is 0.464 e. The molecule has 2 rings (SSSR count). The molecule has 0 saturated heterocycles. The maximum Gasteiger partial charge on any atom is 0.354 e. The third kappa shape index (κ3) is 1.59. The summed E-state index contributed by atoms with van der Waals surface area (Å²) in [5.41, 5.74) is 1.44. The second kappa shape index (κ2) is 3.59. The lowest BCUT2D eigenvalue weighted by Gasteiger charge is -2.01. The van der Waals surface area contributed by atoms with Crippen LogP contribution in [0.1, 0.15) is 10.5 Å². The Morgan fingerprint density at radius 3 is 2.80 bits per heavy atom. The SMILES string of the molecule is COC(=O)c1cc2ccc(Cl)cc2n1C. The predicted octanol–water partition coefficient (Wildman–Crippen LogP) is 2.62. The molecule has 0 fully saturated rings. The standard InChI is InChI=1S/C11H10ClNO2/c1-13-9-6-8(12)4-3-7(9)5-10(13)11(14)15-2/h3-6H,1-2H3. The first-order valence-corrected chi connectivity index (χ1v) is 4.84. The molecule has 1 aromatic carbocycles. The van der Waals surface area contributed by atoms with Crippen LogP contribution in [0.15, 0.2) is 24.3 Å². The van der Waals surface area contributed by atoms with Crippen LogP contribution in [-0.2, 0) is 11.8 Å². The van der Waals surface area contributed by atoms with Crippen molar-refractivity contribution in [3.05, 3.63) is 35.0 Å². The van der Waals surface area contributed by atoms with Crippen molar-refractivity contribution in [3.8, 4) is 0 Å². The number of halogens is 1. The number of aryl methyl sites for hydroxylation is 1. The van der Waals surface area contributed by atoms with Crippen LogP contribution < -0.4 is 0 Å². The lowest BCUT2D eigenvalue weighted by Crippen LogP contribution is -2.06. The number of esters is 1. The molecule has 2 aromatic rings. The Bertz CT molecular complexity index is 531. The molecule has 0 aliphatic carbocycles. The van der Waals surface area contributed by atoms with Crippen molar-refractivity contribution in [2.75, 3.05) is 7.11 Å². The molecule has 0 spiro atoms. The summed E-state index contributed by atoms with van der Waals surface area (Å²) >= 11 is 5.88. The Morgan fingerprint density at radius 2 is 2.13 bits per heavy atom. The highest BCUT2D eigenvalue weighted by Crippen LogP contribution is 2.22. The molecule has 0 aliphatic rings. The van der Waals surface area contributed by atoms with Crippen LogP contribution in [0.5, 0.6) is 0 Å². The average Bonchev–Trinajstić information content (AvgIpc) is 2.55. The Balaban J connectivity index is 2.69. The normalized spacial score (nSPS) is 10.6. The Morgan fingerprint density at radius 1 is 1.40 bits per heavy atom. The Labute approximate surface area is 92.2 Å². The minimum absolute atomic E-state index is 0.343. The molecule has 0 aliphatic heterocycles. The van der Waals surface area contributed by atoms with E-state index in [-0.39, 0.29) is 5.97 Å². The molecule has 1 heterocycles. The van der Waals surface area contributed by atoms with Gasteiger partial charge in [0.15, 0.2) is 0 Å². The zero-order chi connectivity index (χ0) is 11.0. The van der Waals surface area contributed by atoms with Crippen LogP contribution in [0.2, 0.25) is 5.02 Å². The van der Waals surface area contributed by atoms with Gasteiger partial charge in [0.2, 0.25) is 0 Å². The van der Waals surface area contributed by atoms with Crippen LogP contribution in [0.3, 0.4) is 0 Å². The van der Waals surface area contributed by atoms with Crippen LogP contribution in [0.25, 0.3) is 10.9 Å². The quantitative estimate of drug-likeness (QED) is 0.696. The van der Waals surface area contributed by atoms with Crippen molar-refractivity contribution in [2.24, 2.45) is 7.05 Å². The first-order valence-electron chi connectivity index (χ1n) is 4.47. The molecule has 0 radical (unpaired) electrons. The number of carbonyl (C=O) groups is 1. The van der Waals surface area contributed by atoms with Gasteiger partial charge >= 0.3 is 5.97 Å². The van der Waals surface area contributed by atoms with Crippen LogP contribution in [0.4, 0.5) is 0 Å². The number of aromatic nitrogens is 1. The van der Waals surface area contributed by atoms with Gasteiger partial charge in [-0.25, -0.2) is 4.79 Å². The lowest BCUT2D eigenvalue weighted by molar-refractivity contribution is 0.0590. The molecule has 0 N–H and O–H groups in total. The van der Waals surface area contributed by atoms with E-state index in [9.17, 15) is 4.79 Å². The van der Waals surface area contributed by atoms with Crippen molar-refractivity contribution in [1.29, 1.82) is 0 Å². The summed E-state index contributed by atoms with van der Waals surface area (Å²) in [4.78, 5) is 11.4. The van der Waals surface area contributed by atoms with Gasteiger partial charge in [0, 0.05) is 23.0 Å². The number of methoxy groups -OCH3 is 1. The molecule has 15 heavy (non-hydrogen) atoms. The number of ether oxygens (including phenoxy) is 1. The molecule has 0 bridgehead atoms. The van der Waals surface area contributed by atoms with E-state index >= 15 is 0 Å². The third-order valence-electron chi connectivity index (χ3n) is 2.40. The zero-order valence-electron chi connectivity index (χ0n) is 8.45. The van der Waals surface area contributed by atoms with E-state index < -0.39 is 0 Å². The van der Waals surface area contributed by atoms with Gasteiger partial charge in [-0.15, -0.1) is 0 Å². The first-order chi connectivity index (χ1) is 7.13. The highest BCUT2D eigenvalue weighted by atomic mass is 35.5. The molecule has 1 aromatic heterocycles. The molecular formula is C11H10ClNO2. The van der Waals surface area contributed by atoms with E-state index in [2.05, 4.69) is 4.74 Å². The summed E-state index contributed by atoms with van der Waals surface area (Å²) in [5.74, 6) is -0.343. The van der Waals surface area contributed by atoms with Crippen molar-refractivity contribution < 1.29 is 9.53 Å². The molecule has 78 valence electrons. The van der Waals surface area contributed by atoms with Gasteiger partial charge in [-0.2, -0.15) is 0 Å².